The van der Waals surface area contributed by atoms with Crippen LogP contribution in [-0.4, -0.2) is 122 Å². The number of carboxylic acids is 1. The van der Waals surface area contributed by atoms with Gasteiger partial charge in [0.15, 0.2) is 0 Å². The summed E-state index contributed by atoms with van der Waals surface area (Å²) in [5, 5.41) is 8.42. The number of aromatic amines is 1. The summed E-state index contributed by atoms with van der Waals surface area (Å²) in [7, 11) is -36.1. The summed E-state index contributed by atoms with van der Waals surface area (Å²) in [6.45, 7) is 0. The molecule has 47 heavy (non-hydrogen) atoms. The standard InChI is InChI=1S/C6H9N3O2.C6H18O24P6/c7-5(6(10)11)1-4-2-8-3-9-4;7-31(8,9)25-1-2(26-32(10,11)12)4(28-34(16,17)18)6(30-36(22,23)24)5(29-35(19,20)21)3(1)27-33(13,14)15/h2-3,5H,1,7H2,(H,8,9)(H,10,11);1-6H,(H2,7,8,9)(H2,10,11,12)(H2,13,14,15)(H2,16,17,18)(H2,19,20,21)(H2,22,23,24)/t5-;/m0./s1. The fourth-order valence-corrected chi connectivity index (χ4v) is 6.86. The van der Waals surface area contributed by atoms with E-state index in [0.29, 0.717) is 0 Å². The molecule has 276 valence electrons. The van der Waals surface area contributed by atoms with Gasteiger partial charge in [-0.3, -0.25) is 31.9 Å². The van der Waals surface area contributed by atoms with Gasteiger partial charge in [0.05, 0.1) is 6.33 Å². The van der Waals surface area contributed by atoms with Crippen molar-refractivity contribution in [2.24, 2.45) is 5.73 Å². The summed E-state index contributed by atoms with van der Waals surface area (Å²) in [5.74, 6) is -1.00. The Hall–Kier alpha value is -0.700. The molecule has 0 aliphatic heterocycles. The van der Waals surface area contributed by atoms with Crippen molar-refractivity contribution in [3.05, 3.63) is 18.2 Å². The Labute approximate surface area is 259 Å². The summed E-state index contributed by atoms with van der Waals surface area (Å²) in [6.07, 6.45) is -15.5. The molecular weight excluding hydrogens is 788 g/mol. The molecule has 1 aliphatic carbocycles. The highest BCUT2D eigenvalue weighted by molar-refractivity contribution is 7.47. The second-order valence-electron chi connectivity index (χ2n) is 8.59. The molecule has 35 heteroatoms. The van der Waals surface area contributed by atoms with E-state index in [9.17, 15) is 32.2 Å². The number of nitrogens with zero attached hydrogens (tertiary/aromatic N) is 1. The molecule has 2 rings (SSSR count). The minimum atomic E-state index is -6.02. The van der Waals surface area contributed by atoms with Crippen LogP contribution in [0.25, 0.3) is 0 Å². The summed E-state index contributed by atoms with van der Waals surface area (Å²) in [6, 6.07) is -0.851. The molecule has 0 saturated heterocycles. The summed E-state index contributed by atoms with van der Waals surface area (Å²) in [5.41, 5.74) is 6.00. The maximum atomic E-state index is 11.4. The van der Waals surface area contributed by atoms with Gasteiger partial charge < -0.3 is 74.5 Å². The first-order valence-corrected chi connectivity index (χ1v) is 20.3. The van der Waals surface area contributed by atoms with Crippen LogP contribution in [0, 0.1) is 0 Å². The van der Waals surface area contributed by atoms with E-state index in [-0.39, 0.29) is 6.42 Å². The maximum Gasteiger partial charge on any atom is 0.470 e. The van der Waals surface area contributed by atoms with Crippen molar-refractivity contribution in [3.8, 4) is 0 Å². The number of nitrogens with two attached hydrogens (primary N) is 1. The van der Waals surface area contributed by atoms with Crippen LogP contribution in [-0.2, 0) is 65.7 Å². The van der Waals surface area contributed by atoms with Crippen LogP contribution in [0.2, 0.25) is 0 Å². The topological polar surface area (TPSA) is 493 Å². The number of phosphoric ester groups is 6. The molecule has 29 nitrogen and oxygen atoms in total. The van der Waals surface area contributed by atoms with E-state index in [4.69, 9.17) is 69.6 Å². The predicted molar refractivity (Wildman–Crippen MR) is 139 cm³/mol. The second-order valence-corrected chi connectivity index (χ2v) is 15.7. The zero-order valence-corrected chi connectivity index (χ0v) is 27.6. The molecule has 1 atom stereocenters. The van der Waals surface area contributed by atoms with E-state index in [2.05, 4.69) is 37.1 Å². The van der Waals surface area contributed by atoms with E-state index in [1.54, 1.807) is 6.20 Å². The molecule has 1 aromatic heterocycles. The van der Waals surface area contributed by atoms with Gasteiger partial charge in [-0.15, -0.1) is 0 Å². The van der Waals surface area contributed by atoms with Crippen LogP contribution in [0.3, 0.4) is 0 Å². The van der Waals surface area contributed by atoms with Gasteiger partial charge in [0.2, 0.25) is 0 Å². The van der Waals surface area contributed by atoms with Gasteiger partial charge in [-0.25, -0.2) is 32.4 Å². The Bertz CT molecular complexity index is 1240. The fraction of sp³-hybridized carbons (Fsp3) is 0.667. The number of imidazole rings is 1. The minimum Gasteiger partial charge on any atom is -0.480 e. The number of carboxylic acid groups (broad SMARTS) is 1. The van der Waals surface area contributed by atoms with Crippen LogP contribution in [0.4, 0.5) is 0 Å². The molecule has 0 unspecified atom stereocenters. The third-order valence-corrected chi connectivity index (χ3v) is 7.92. The van der Waals surface area contributed by atoms with Crippen LogP contribution < -0.4 is 5.73 Å². The molecule has 1 fully saturated rings. The smallest absolute Gasteiger partial charge is 0.470 e. The minimum absolute atomic E-state index is 0.287. The number of aliphatic carboxylic acids is 1. The molecule has 1 aliphatic rings. The van der Waals surface area contributed by atoms with E-state index in [0.717, 1.165) is 5.69 Å². The summed E-state index contributed by atoms with van der Waals surface area (Å²) < 4.78 is 93.1. The lowest BCUT2D eigenvalue weighted by Gasteiger charge is -2.48. The highest BCUT2D eigenvalue weighted by Crippen LogP contribution is 2.57. The Morgan fingerprint density at radius 3 is 1.00 bits per heavy atom. The number of hydrogen-bond acceptors (Lipinski definition) is 15. The van der Waals surface area contributed by atoms with E-state index >= 15 is 0 Å². The highest BCUT2D eigenvalue weighted by atomic mass is 31.2. The van der Waals surface area contributed by atoms with E-state index in [1.165, 1.54) is 6.33 Å². The summed E-state index contributed by atoms with van der Waals surface area (Å²) >= 11 is 0. The first-order chi connectivity index (χ1) is 20.8. The van der Waals surface area contributed by atoms with E-state index < -0.39 is 95.6 Å². The molecule has 1 aromatic rings. The monoisotopic (exact) mass is 815 g/mol. The SMILES string of the molecule is N[C@@H](Cc1cnc[nH]1)C(=O)O.O=P(O)(O)OC1C(OP(=O)(O)O)C(OP(=O)(O)O)C(OP(=O)(O)O)C(OP(=O)(O)O)C1OP(=O)(O)O. The van der Waals surface area contributed by atoms with Crippen molar-refractivity contribution >= 4 is 52.9 Å². The van der Waals surface area contributed by atoms with Crippen molar-refractivity contribution in [1.29, 1.82) is 0 Å². The molecule has 1 heterocycles. The maximum absolute atomic E-state index is 11.4. The Morgan fingerprint density at radius 2 is 0.851 bits per heavy atom. The molecule has 1 saturated carbocycles. The molecule has 16 N–H and O–H groups in total. The Balaban J connectivity index is 0.000000841. The van der Waals surface area contributed by atoms with Crippen LogP contribution >= 0.6 is 46.9 Å². The van der Waals surface area contributed by atoms with Crippen molar-refractivity contribution in [2.45, 2.75) is 49.1 Å². The van der Waals surface area contributed by atoms with Crippen LogP contribution in [0.15, 0.2) is 12.5 Å². The average Bonchev–Trinajstić information content (AvgIpc) is 3.29. The molecule has 0 aromatic carbocycles. The number of rotatable bonds is 15. The van der Waals surface area contributed by atoms with Crippen molar-refractivity contribution in [2.75, 3.05) is 0 Å². The zero-order valence-electron chi connectivity index (χ0n) is 22.2. The largest absolute Gasteiger partial charge is 0.480 e. The van der Waals surface area contributed by atoms with Crippen molar-refractivity contribution in [1.82, 2.24) is 9.97 Å². The molecular formula is C12H27N3O26P6. The van der Waals surface area contributed by atoms with Crippen LogP contribution in [0.5, 0.6) is 0 Å². The lowest BCUT2D eigenvalue weighted by atomic mass is 9.85. The average molecular weight is 815 g/mol. The number of nitrogens with one attached hydrogen (secondary N) is 1. The van der Waals surface area contributed by atoms with Gasteiger partial charge in [0.1, 0.15) is 42.7 Å². The van der Waals surface area contributed by atoms with Crippen LogP contribution in [0.1, 0.15) is 5.69 Å². The second kappa shape index (κ2) is 16.5. The Kier molecular flexibility index (Phi) is 15.6. The van der Waals surface area contributed by atoms with E-state index in [1.807, 2.05) is 0 Å². The highest BCUT2D eigenvalue weighted by Gasteiger charge is 2.62. The van der Waals surface area contributed by atoms with Crippen molar-refractivity contribution in [3.63, 3.8) is 0 Å². The number of phosphoric acid groups is 6. The number of hydrogen-bond donors (Lipinski definition) is 15. The van der Waals surface area contributed by atoms with Gasteiger partial charge in [-0.1, -0.05) is 0 Å². The normalized spacial score (nSPS) is 25.5. The lowest BCUT2D eigenvalue weighted by molar-refractivity contribution is -0.202. The first kappa shape index (κ1) is 44.3. The molecule has 0 spiro atoms. The predicted octanol–water partition coefficient (Wildman–Crippen LogP) is -3.77. The third-order valence-electron chi connectivity index (χ3n) is 4.81. The first-order valence-electron chi connectivity index (χ1n) is 11.2. The third kappa shape index (κ3) is 18.2. The van der Waals surface area contributed by atoms with Gasteiger partial charge in [0.25, 0.3) is 0 Å². The molecule has 0 amide bonds. The van der Waals surface area contributed by atoms with Crippen molar-refractivity contribution < 1.29 is 123 Å². The number of carbonyl (C=O) groups is 1. The van der Waals surface area contributed by atoms with Gasteiger partial charge in [0, 0.05) is 18.3 Å². The fourth-order valence-electron chi connectivity index (χ4n) is 3.51. The molecule has 0 radical (unpaired) electrons. The Morgan fingerprint density at radius 1 is 0.617 bits per heavy atom. The molecule has 0 bridgehead atoms. The quantitative estimate of drug-likeness (QED) is 0.0756. The van der Waals surface area contributed by atoms with Gasteiger partial charge in [-0.05, 0) is 0 Å². The lowest BCUT2D eigenvalue weighted by Crippen LogP contribution is -2.66. The number of aromatic nitrogens is 2. The van der Waals surface area contributed by atoms with Gasteiger partial charge in [-0.2, -0.15) is 0 Å². The summed E-state index contributed by atoms with van der Waals surface area (Å²) in [4.78, 5) is 126. The number of H-pyrrole nitrogens is 1. The zero-order chi connectivity index (χ0) is 37.0. The van der Waals surface area contributed by atoms with Gasteiger partial charge >= 0.3 is 52.9 Å².